The monoisotopic (exact) mass is 376 g/mol. The van der Waals surface area contributed by atoms with Crippen LogP contribution in [0.3, 0.4) is 0 Å². The number of anilines is 1. The number of guanidine groups is 1. The third-order valence-electron chi connectivity index (χ3n) is 4.73. The maximum atomic E-state index is 5.69. The van der Waals surface area contributed by atoms with Crippen LogP contribution in [-0.2, 0) is 9.47 Å². The number of hydrogen-bond acceptors (Lipinski definition) is 4. The zero-order chi connectivity index (χ0) is 19.3. The maximum absolute atomic E-state index is 5.69. The van der Waals surface area contributed by atoms with E-state index in [0.29, 0.717) is 24.7 Å². The average molecular weight is 377 g/mol. The molecule has 0 aromatic heterocycles. The largest absolute Gasteiger partial charge is 0.380 e. The molecule has 2 rings (SSSR count). The van der Waals surface area contributed by atoms with E-state index in [2.05, 4.69) is 59.1 Å². The Morgan fingerprint density at radius 1 is 1.26 bits per heavy atom. The van der Waals surface area contributed by atoms with Gasteiger partial charge >= 0.3 is 0 Å². The zero-order valence-corrected chi connectivity index (χ0v) is 17.0. The molecule has 0 spiro atoms. The molecule has 1 aromatic carbocycles. The van der Waals surface area contributed by atoms with E-state index in [4.69, 9.17) is 9.47 Å². The van der Waals surface area contributed by atoms with Crippen molar-refractivity contribution in [3.05, 3.63) is 30.3 Å². The standard InChI is InChI=1S/C21H36N4O2/c1-17(2)20(25-18-9-5-4-6-10-18)15-24-21(22-3)23-12-8-13-26-16-19-11-7-14-27-19/h4-6,9-10,17,19-20,25H,7-8,11-16H2,1-3H3,(H2,22,23,24). The number of benzene rings is 1. The minimum atomic E-state index is 0.303. The van der Waals surface area contributed by atoms with Gasteiger partial charge in [0, 0.05) is 45.1 Å². The molecule has 3 N–H and O–H groups in total. The molecule has 0 aliphatic carbocycles. The predicted octanol–water partition coefficient (Wildman–Crippen LogP) is 2.87. The third kappa shape index (κ3) is 8.63. The van der Waals surface area contributed by atoms with E-state index in [1.54, 1.807) is 7.05 Å². The quantitative estimate of drug-likeness (QED) is 0.315. The van der Waals surface area contributed by atoms with E-state index >= 15 is 0 Å². The molecule has 6 nitrogen and oxygen atoms in total. The van der Waals surface area contributed by atoms with Crippen LogP contribution in [0.1, 0.15) is 33.1 Å². The van der Waals surface area contributed by atoms with E-state index in [1.807, 2.05) is 6.07 Å². The highest BCUT2D eigenvalue weighted by atomic mass is 16.5. The molecule has 2 unspecified atom stereocenters. The first-order chi connectivity index (χ1) is 13.2. The van der Waals surface area contributed by atoms with Gasteiger partial charge in [-0.25, -0.2) is 0 Å². The fourth-order valence-corrected chi connectivity index (χ4v) is 3.00. The molecule has 6 heteroatoms. The van der Waals surface area contributed by atoms with Gasteiger partial charge in [0.05, 0.1) is 12.7 Å². The van der Waals surface area contributed by atoms with Crippen molar-refractivity contribution in [3.63, 3.8) is 0 Å². The molecule has 1 aliphatic heterocycles. The fourth-order valence-electron chi connectivity index (χ4n) is 3.00. The molecular weight excluding hydrogens is 340 g/mol. The Kier molecular flexibility index (Phi) is 10.0. The molecule has 2 atom stereocenters. The minimum absolute atomic E-state index is 0.303. The lowest BCUT2D eigenvalue weighted by molar-refractivity contribution is 0.0168. The number of nitrogens with one attached hydrogen (secondary N) is 3. The molecule has 1 aliphatic rings. The summed E-state index contributed by atoms with van der Waals surface area (Å²) in [6.45, 7) is 8.44. The Bertz CT molecular complexity index is 530. The molecule has 0 amide bonds. The second-order valence-electron chi connectivity index (χ2n) is 7.30. The first-order valence-corrected chi connectivity index (χ1v) is 10.1. The van der Waals surface area contributed by atoms with Crippen LogP contribution in [0.2, 0.25) is 0 Å². The number of nitrogens with zero attached hydrogens (tertiary/aromatic N) is 1. The number of para-hydroxylation sites is 1. The van der Waals surface area contributed by atoms with Crippen LogP contribution >= 0.6 is 0 Å². The molecule has 27 heavy (non-hydrogen) atoms. The molecule has 1 saturated heterocycles. The number of hydrogen-bond donors (Lipinski definition) is 3. The summed E-state index contributed by atoms with van der Waals surface area (Å²) in [5, 5.41) is 10.4. The van der Waals surface area contributed by atoms with Crippen LogP contribution in [0.4, 0.5) is 5.69 Å². The van der Waals surface area contributed by atoms with Gasteiger partial charge in [0.25, 0.3) is 0 Å². The molecule has 0 saturated carbocycles. The topological polar surface area (TPSA) is 66.9 Å². The van der Waals surface area contributed by atoms with Crippen molar-refractivity contribution in [2.24, 2.45) is 10.9 Å². The third-order valence-corrected chi connectivity index (χ3v) is 4.73. The highest BCUT2D eigenvalue weighted by molar-refractivity contribution is 5.79. The van der Waals surface area contributed by atoms with Gasteiger partial charge in [-0.3, -0.25) is 4.99 Å². The molecule has 0 radical (unpaired) electrons. The van der Waals surface area contributed by atoms with E-state index in [-0.39, 0.29) is 0 Å². The second-order valence-corrected chi connectivity index (χ2v) is 7.30. The van der Waals surface area contributed by atoms with Gasteiger partial charge in [-0.2, -0.15) is 0 Å². The van der Waals surface area contributed by atoms with Crippen molar-refractivity contribution >= 4 is 11.6 Å². The Morgan fingerprint density at radius 2 is 2.07 bits per heavy atom. The van der Waals surface area contributed by atoms with E-state index in [0.717, 1.165) is 57.2 Å². The van der Waals surface area contributed by atoms with Gasteiger partial charge in [-0.05, 0) is 37.3 Å². The van der Waals surface area contributed by atoms with Gasteiger partial charge in [0.15, 0.2) is 5.96 Å². The summed E-state index contributed by atoms with van der Waals surface area (Å²) >= 11 is 0. The SMILES string of the molecule is CN=C(NCCCOCC1CCCO1)NCC(Nc1ccccc1)C(C)C. The van der Waals surface area contributed by atoms with Crippen molar-refractivity contribution in [1.29, 1.82) is 0 Å². The summed E-state index contributed by atoms with van der Waals surface area (Å²) in [6, 6.07) is 10.6. The molecule has 0 bridgehead atoms. The summed E-state index contributed by atoms with van der Waals surface area (Å²) < 4.78 is 11.2. The van der Waals surface area contributed by atoms with Crippen molar-refractivity contribution < 1.29 is 9.47 Å². The molecule has 1 heterocycles. The summed E-state index contributed by atoms with van der Waals surface area (Å²) in [7, 11) is 1.80. The zero-order valence-electron chi connectivity index (χ0n) is 17.0. The van der Waals surface area contributed by atoms with E-state index in [9.17, 15) is 0 Å². The van der Waals surface area contributed by atoms with Crippen molar-refractivity contribution in [2.75, 3.05) is 45.3 Å². The molecule has 1 aromatic rings. The Labute approximate surface area is 164 Å². The van der Waals surface area contributed by atoms with E-state index in [1.165, 1.54) is 0 Å². The van der Waals surface area contributed by atoms with Crippen LogP contribution in [-0.4, -0.2) is 58.1 Å². The normalized spacial score (nSPS) is 18.5. The maximum Gasteiger partial charge on any atom is 0.191 e. The Hall–Kier alpha value is -1.79. The minimum Gasteiger partial charge on any atom is -0.380 e. The fraction of sp³-hybridized carbons (Fsp3) is 0.667. The highest BCUT2D eigenvalue weighted by Crippen LogP contribution is 2.12. The summed E-state index contributed by atoms with van der Waals surface area (Å²) in [5.41, 5.74) is 1.14. The summed E-state index contributed by atoms with van der Waals surface area (Å²) in [6.07, 6.45) is 3.54. The van der Waals surface area contributed by atoms with Crippen molar-refractivity contribution in [1.82, 2.24) is 10.6 Å². The number of rotatable bonds is 11. The van der Waals surface area contributed by atoms with Crippen LogP contribution in [0.25, 0.3) is 0 Å². The molecule has 1 fully saturated rings. The van der Waals surface area contributed by atoms with Crippen LogP contribution < -0.4 is 16.0 Å². The first-order valence-electron chi connectivity index (χ1n) is 10.1. The van der Waals surface area contributed by atoms with Gasteiger partial charge < -0.3 is 25.4 Å². The highest BCUT2D eigenvalue weighted by Gasteiger charge is 2.15. The van der Waals surface area contributed by atoms with Crippen molar-refractivity contribution in [3.8, 4) is 0 Å². The van der Waals surface area contributed by atoms with Crippen LogP contribution in [0.5, 0.6) is 0 Å². The lowest BCUT2D eigenvalue weighted by Gasteiger charge is -2.25. The average Bonchev–Trinajstić information content (AvgIpc) is 3.20. The molecule has 152 valence electrons. The van der Waals surface area contributed by atoms with Gasteiger partial charge in [-0.15, -0.1) is 0 Å². The predicted molar refractivity (Wildman–Crippen MR) is 112 cm³/mol. The van der Waals surface area contributed by atoms with E-state index < -0.39 is 0 Å². The van der Waals surface area contributed by atoms with Crippen LogP contribution in [0, 0.1) is 5.92 Å². The van der Waals surface area contributed by atoms with Gasteiger partial charge in [-0.1, -0.05) is 32.0 Å². The lowest BCUT2D eigenvalue weighted by atomic mass is 10.0. The first kappa shape index (κ1) is 21.5. The summed E-state index contributed by atoms with van der Waals surface area (Å²) in [4.78, 5) is 4.31. The Balaban J connectivity index is 1.61. The lowest BCUT2D eigenvalue weighted by Crippen LogP contribution is -2.45. The second kappa shape index (κ2) is 12.6. The van der Waals surface area contributed by atoms with Crippen molar-refractivity contribution in [2.45, 2.75) is 45.3 Å². The Morgan fingerprint density at radius 3 is 2.74 bits per heavy atom. The number of aliphatic imine (C=N–C) groups is 1. The van der Waals surface area contributed by atoms with Crippen LogP contribution in [0.15, 0.2) is 35.3 Å². The van der Waals surface area contributed by atoms with Gasteiger partial charge in [0.1, 0.15) is 0 Å². The number of ether oxygens (including phenoxy) is 2. The van der Waals surface area contributed by atoms with Gasteiger partial charge in [0.2, 0.25) is 0 Å². The summed E-state index contributed by atoms with van der Waals surface area (Å²) in [5.74, 6) is 1.33. The smallest absolute Gasteiger partial charge is 0.191 e. The molecular formula is C21H36N4O2.